The van der Waals surface area contributed by atoms with Crippen LogP contribution in [0, 0.1) is 0 Å². The number of carbonyl (C=O) groups excluding carboxylic acids is 3. The van der Waals surface area contributed by atoms with Crippen LogP contribution in [-0.4, -0.2) is 38.5 Å². The second kappa shape index (κ2) is 9.70. The second-order valence-electron chi connectivity index (χ2n) is 5.96. The van der Waals surface area contributed by atoms with E-state index in [4.69, 9.17) is 11.6 Å². The number of benzene rings is 2. The first-order valence-electron chi connectivity index (χ1n) is 8.36. The van der Waals surface area contributed by atoms with Gasteiger partial charge in [-0.2, -0.15) is 0 Å². The smallest absolute Gasteiger partial charge is 0.321 e. The van der Waals surface area contributed by atoms with Gasteiger partial charge in [-0.3, -0.25) is 14.9 Å². The molecule has 0 radical (unpaired) electrons. The number of carbonyl (C=O) groups is 3. The van der Waals surface area contributed by atoms with Gasteiger partial charge in [0, 0.05) is 12.6 Å². The highest BCUT2D eigenvalue weighted by atomic mass is 35.5. The Morgan fingerprint density at radius 1 is 1.04 bits per heavy atom. The molecule has 1 unspecified atom stereocenters. The number of hydrogen-bond acceptors (Lipinski definition) is 3. The van der Waals surface area contributed by atoms with Gasteiger partial charge in [-0.25, -0.2) is 4.79 Å². The van der Waals surface area contributed by atoms with Crippen molar-refractivity contribution in [3.63, 3.8) is 0 Å². The Balaban J connectivity index is 2.14. The van der Waals surface area contributed by atoms with Gasteiger partial charge in [-0.05, 0) is 12.1 Å². The predicted molar refractivity (Wildman–Crippen MR) is 104 cm³/mol. The maximum atomic E-state index is 12.6. The van der Waals surface area contributed by atoms with Gasteiger partial charge in [0.1, 0.15) is 0 Å². The Hall–Kier alpha value is -2.90. The van der Waals surface area contributed by atoms with E-state index in [0.29, 0.717) is 21.2 Å². The largest absolute Gasteiger partial charge is 0.341 e. The zero-order valence-corrected chi connectivity index (χ0v) is 15.8. The highest BCUT2D eigenvalue weighted by Crippen LogP contribution is 2.20. The third-order valence-electron chi connectivity index (χ3n) is 3.94. The molecule has 7 nitrogen and oxygen atoms in total. The number of anilines is 1. The molecule has 0 aromatic heterocycles. The van der Waals surface area contributed by atoms with Crippen molar-refractivity contribution in [1.82, 2.24) is 10.6 Å². The molecule has 4 amide bonds. The highest BCUT2D eigenvalue weighted by Gasteiger charge is 2.31. The molecule has 2 atom stereocenters. The standard InChI is InChI=1S/C19H21ClN4O3/c1-21-19(27)23-18(26)17(13-8-4-3-5-9-13)24(2)12-16(25)22-15-11-7-6-10-14(15)20/h3-11,17H,12H2,1-2H3,(H,22,25)(H2,21,23,26,27)/p+1/t17-/m1/s1. The van der Waals surface area contributed by atoms with Crippen molar-refractivity contribution in [1.29, 1.82) is 0 Å². The summed E-state index contributed by atoms with van der Waals surface area (Å²) >= 11 is 6.06. The number of likely N-dealkylation sites (N-methyl/N-ethyl adjacent to an activating group) is 1. The fourth-order valence-electron chi connectivity index (χ4n) is 2.66. The molecule has 0 bridgehead atoms. The van der Waals surface area contributed by atoms with Gasteiger partial charge in [-0.1, -0.05) is 54.1 Å². The molecule has 0 aliphatic carbocycles. The first kappa shape index (κ1) is 20.4. The average molecular weight is 390 g/mol. The minimum absolute atomic E-state index is 0.00590. The van der Waals surface area contributed by atoms with Gasteiger partial charge in [0.25, 0.3) is 11.8 Å². The van der Waals surface area contributed by atoms with Gasteiger partial charge in [0.2, 0.25) is 0 Å². The number of halogens is 1. The number of hydrogen-bond donors (Lipinski definition) is 4. The van der Waals surface area contributed by atoms with Gasteiger partial charge in [0.15, 0.2) is 12.6 Å². The van der Waals surface area contributed by atoms with Crippen molar-refractivity contribution in [2.24, 2.45) is 0 Å². The molecule has 2 aromatic carbocycles. The number of imide groups is 1. The summed E-state index contributed by atoms with van der Waals surface area (Å²) in [7, 11) is 3.14. The van der Waals surface area contributed by atoms with Gasteiger partial charge >= 0.3 is 6.03 Å². The molecule has 142 valence electrons. The first-order valence-corrected chi connectivity index (χ1v) is 8.74. The Kier molecular flexibility index (Phi) is 7.34. The van der Waals surface area contributed by atoms with Crippen LogP contribution in [0.25, 0.3) is 0 Å². The normalized spacial score (nSPS) is 12.6. The van der Waals surface area contributed by atoms with E-state index in [9.17, 15) is 14.4 Å². The molecule has 8 heteroatoms. The van der Waals surface area contributed by atoms with E-state index in [2.05, 4.69) is 16.0 Å². The molecule has 4 N–H and O–H groups in total. The number of nitrogens with one attached hydrogen (secondary N) is 4. The number of quaternary nitrogens is 1. The average Bonchev–Trinajstić information content (AvgIpc) is 2.64. The lowest BCUT2D eigenvalue weighted by Gasteiger charge is -2.24. The number of rotatable bonds is 6. The van der Waals surface area contributed by atoms with Crippen LogP contribution in [0.5, 0.6) is 0 Å². The molecule has 0 spiro atoms. The van der Waals surface area contributed by atoms with Gasteiger partial charge in [-0.15, -0.1) is 0 Å². The number of para-hydroxylation sites is 1. The van der Waals surface area contributed by atoms with Crippen molar-refractivity contribution in [3.8, 4) is 0 Å². The Morgan fingerprint density at radius 3 is 2.30 bits per heavy atom. The molecule has 2 aromatic rings. The highest BCUT2D eigenvalue weighted by molar-refractivity contribution is 6.33. The molecule has 0 heterocycles. The molecule has 0 saturated heterocycles. The molecule has 0 fully saturated rings. The Morgan fingerprint density at radius 2 is 1.67 bits per heavy atom. The van der Waals surface area contributed by atoms with Crippen molar-refractivity contribution >= 4 is 35.1 Å². The summed E-state index contributed by atoms with van der Waals surface area (Å²) in [4.78, 5) is 37.2. The molecule has 0 saturated carbocycles. The lowest BCUT2D eigenvalue weighted by atomic mass is 10.0. The number of urea groups is 1. The Labute approximate surface area is 162 Å². The molecular weight excluding hydrogens is 368 g/mol. The van der Waals surface area contributed by atoms with E-state index < -0.39 is 18.0 Å². The second-order valence-corrected chi connectivity index (χ2v) is 6.37. The minimum Gasteiger partial charge on any atom is -0.341 e. The summed E-state index contributed by atoms with van der Waals surface area (Å²) in [5.74, 6) is -0.794. The maximum Gasteiger partial charge on any atom is 0.321 e. The van der Waals surface area contributed by atoms with Gasteiger partial charge in [0.05, 0.1) is 17.8 Å². The maximum absolute atomic E-state index is 12.6. The zero-order valence-electron chi connectivity index (χ0n) is 15.1. The van der Waals surface area contributed by atoms with Gasteiger partial charge < -0.3 is 15.5 Å². The summed E-state index contributed by atoms with van der Waals surface area (Å²) < 4.78 is 0. The van der Waals surface area contributed by atoms with Crippen molar-refractivity contribution in [2.45, 2.75) is 6.04 Å². The van der Waals surface area contributed by atoms with E-state index in [1.54, 1.807) is 55.6 Å². The van der Waals surface area contributed by atoms with Crippen molar-refractivity contribution in [3.05, 3.63) is 65.2 Å². The van der Waals surface area contributed by atoms with E-state index in [1.807, 2.05) is 6.07 Å². The summed E-state index contributed by atoms with van der Waals surface area (Å²) in [6.45, 7) is 0.00590. The lowest BCUT2D eigenvalue weighted by molar-refractivity contribution is -0.894. The molecule has 27 heavy (non-hydrogen) atoms. The fourth-order valence-corrected chi connectivity index (χ4v) is 2.85. The van der Waals surface area contributed by atoms with Crippen LogP contribution in [0.2, 0.25) is 5.02 Å². The third-order valence-corrected chi connectivity index (χ3v) is 4.27. The predicted octanol–water partition coefficient (Wildman–Crippen LogP) is 0.990. The Bertz CT molecular complexity index is 814. The number of amides is 4. The van der Waals surface area contributed by atoms with Crippen molar-refractivity contribution in [2.75, 3.05) is 26.0 Å². The molecule has 2 rings (SSSR count). The first-order chi connectivity index (χ1) is 12.9. The van der Waals surface area contributed by atoms with Crippen LogP contribution >= 0.6 is 11.6 Å². The summed E-state index contributed by atoms with van der Waals surface area (Å²) in [6, 6.07) is 14.6. The summed E-state index contributed by atoms with van der Waals surface area (Å²) in [6.07, 6.45) is 0. The van der Waals surface area contributed by atoms with Crippen LogP contribution in [0.15, 0.2) is 54.6 Å². The summed E-state index contributed by atoms with van der Waals surface area (Å²) in [5, 5.41) is 7.79. The van der Waals surface area contributed by atoms with Crippen LogP contribution in [0.4, 0.5) is 10.5 Å². The van der Waals surface area contributed by atoms with Crippen molar-refractivity contribution < 1.29 is 19.3 Å². The molecule has 0 aliphatic heterocycles. The van der Waals surface area contributed by atoms with Crippen LogP contribution in [0.3, 0.4) is 0 Å². The monoisotopic (exact) mass is 389 g/mol. The van der Waals surface area contributed by atoms with Crippen LogP contribution in [0.1, 0.15) is 11.6 Å². The fraction of sp³-hybridized carbons (Fsp3) is 0.211. The molecule has 0 aliphatic rings. The van der Waals surface area contributed by atoms with Crippen LogP contribution in [-0.2, 0) is 9.59 Å². The quantitative estimate of drug-likeness (QED) is 0.593. The van der Waals surface area contributed by atoms with E-state index in [-0.39, 0.29) is 12.5 Å². The third kappa shape index (κ3) is 5.80. The lowest BCUT2D eigenvalue weighted by Crippen LogP contribution is -3.11. The minimum atomic E-state index is -0.736. The zero-order chi connectivity index (χ0) is 19.8. The topological polar surface area (TPSA) is 91.7 Å². The van der Waals surface area contributed by atoms with E-state index in [1.165, 1.54) is 7.05 Å². The SMILES string of the molecule is CNC(=O)NC(=O)[C@@H](c1ccccc1)[NH+](C)CC(=O)Nc1ccccc1Cl. The van der Waals surface area contributed by atoms with E-state index in [0.717, 1.165) is 0 Å². The van der Waals surface area contributed by atoms with E-state index >= 15 is 0 Å². The summed E-state index contributed by atoms with van der Waals surface area (Å²) in [5.41, 5.74) is 1.20. The molecular formula is C19H22ClN4O3+. The van der Waals surface area contributed by atoms with Crippen LogP contribution < -0.4 is 20.9 Å².